The van der Waals surface area contributed by atoms with Gasteiger partial charge in [-0.3, -0.25) is 0 Å². The zero-order chi connectivity index (χ0) is 20.3. The maximum absolute atomic E-state index is 6.91. The number of rotatable bonds is 8. The van der Waals surface area contributed by atoms with E-state index in [1.807, 2.05) is 0 Å². The monoisotopic (exact) mass is 394 g/mol. The molecular formula is C24H34OSi2. The third-order valence-electron chi connectivity index (χ3n) is 5.98. The molecule has 2 aromatic carbocycles. The van der Waals surface area contributed by atoms with Crippen LogP contribution in [0.3, 0.4) is 0 Å². The van der Waals surface area contributed by atoms with E-state index in [0.717, 1.165) is 0 Å². The molecule has 1 nitrogen and oxygen atoms in total. The molecule has 0 bridgehead atoms. The third-order valence-corrected chi connectivity index (χ3v) is 9.68. The Kier molecular flexibility index (Phi) is 6.61. The van der Waals surface area contributed by atoms with Gasteiger partial charge in [0, 0.05) is 0 Å². The second kappa shape index (κ2) is 8.06. The fraction of sp³-hybridized carbons (Fsp3) is 0.500. The van der Waals surface area contributed by atoms with E-state index in [9.17, 15) is 0 Å². The summed E-state index contributed by atoms with van der Waals surface area (Å²) in [6.07, 6.45) is 0. The molecule has 0 aliphatic heterocycles. The van der Waals surface area contributed by atoms with Crippen molar-refractivity contribution in [2.24, 2.45) is 0 Å². The van der Waals surface area contributed by atoms with Gasteiger partial charge in [0.15, 0.2) is 0 Å². The Morgan fingerprint density at radius 3 is 1.11 bits per heavy atom. The molecule has 0 aliphatic rings. The predicted molar refractivity (Wildman–Crippen MR) is 121 cm³/mol. The van der Waals surface area contributed by atoms with Gasteiger partial charge in [0.25, 0.3) is 0 Å². The summed E-state index contributed by atoms with van der Waals surface area (Å²) in [6, 6.07) is 21.6. The first kappa shape index (κ1) is 22.1. The second-order valence-electron chi connectivity index (χ2n) is 9.35. The molecule has 27 heavy (non-hydrogen) atoms. The van der Waals surface area contributed by atoms with Crippen molar-refractivity contribution >= 4 is 29.4 Å². The SMILES string of the molecule is CC(C)(OC(C)(C)C(C)(C)[Si]c1ccccc1)C(C)(C)[Si]c1ccccc1. The van der Waals surface area contributed by atoms with Crippen LogP contribution >= 0.6 is 0 Å². The maximum Gasteiger partial charge on any atom is 0.0902 e. The third kappa shape index (κ3) is 5.43. The van der Waals surface area contributed by atoms with E-state index < -0.39 is 0 Å². The van der Waals surface area contributed by atoms with Crippen molar-refractivity contribution in [2.45, 2.75) is 76.7 Å². The Balaban J connectivity index is 2.17. The van der Waals surface area contributed by atoms with E-state index in [2.05, 4.69) is 116 Å². The highest BCUT2D eigenvalue weighted by atomic mass is 28.2. The molecule has 0 N–H and O–H groups in total. The first-order chi connectivity index (χ1) is 12.4. The van der Waals surface area contributed by atoms with Crippen molar-refractivity contribution in [1.29, 1.82) is 0 Å². The standard InChI is InChI=1S/C24H34OSi2/c1-21(2,23(5,6)26-19-15-11-9-12-16-19)25-22(3,4)24(7,8)27-20-17-13-10-14-18-20/h9-18H,1-8H3. The fourth-order valence-corrected chi connectivity index (χ4v) is 5.82. The van der Waals surface area contributed by atoms with Gasteiger partial charge in [0.1, 0.15) is 0 Å². The lowest BCUT2D eigenvalue weighted by atomic mass is 9.88. The summed E-state index contributed by atoms with van der Waals surface area (Å²) in [5.74, 6) is 0. The van der Waals surface area contributed by atoms with Crippen molar-refractivity contribution in [3.8, 4) is 0 Å². The maximum atomic E-state index is 6.91. The number of hydrogen-bond acceptors (Lipinski definition) is 1. The molecule has 0 amide bonds. The molecule has 2 rings (SSSR count). The molecule has 0 heterocycles. The van der Waals surface area contributed by atoms with Crippen molar-refractivity contribution < 1.29 is 4.74 Å². The van der Waals surface area contributed by atoms with Gasteiger partial charge in [0.2, 0.25) is 0 Å². The van der Waals surface area contributed by atoms with Crippen molar-refractivity contribution in [3.05, 3.63) is 60.7 Å². The van der Waals surface area contributed by atoms with Crippen LogP contribution in [0.2, 0.25) is 10.1 Å². The minimum Gasteiger partial charge on any atom is -0.369 e. The van der Waals surface area contributed by atoms with Gasteiger partial charge in [0.05, 0.1) is 30.2 Å². The smallest absolute Gasteiger partial charge is 0.0902 e. The molecule has 0 unspecified atom stereocenters. The lowest BCUT2D eigenvalue weighted by Gasteiger charge is -2.51. The molecule has 144 valence electrons. The first-order valence-corrected chi connectivity index (χ1v) is 11.7. The van der Waals surface area contributed by atoms with Gasteiger partial charge >= 0.3 is 0 Å². The highest BCUT2D eigenvalue weighted by Crippen LogP contribution is 2.48. The molecule has 0 atom stereocenters. The van der Waals surface area contributed by atoms with Crippen LogP contribution in [0.5, 0.6) is 0 Å². The quantitative estimate of drug-likeness (QED) is 0.571. The largest absolute Gasteiger partial charge is 0.369 e. The number of ether oxygens (including phenoxy) is 1. The molecule has 0 aromatic heterocycles. The second-order valence-corrected chi connectivity index (χ2v) is 13.5. The highest BCUT2D eigenvalue weighted by molar-refractivity contribution is 6.57. The Hall–Kier alpha value is -1.17. The highest BCUT2D eigenvalue weighted by Gasteiger charge is 2.47. The van der Waals surface area contributed by atoms with Crippen LogP contribution < -0.4 is 10.4 Å². The molecule has 4 radical (unpaired) electrons. The molecule has 0 fully saturated rings. The molecule has 0 saturated carbocycles. The van der Waals surface area contributed by atoms with Crippen molar-refractivity contribution in [2.75, 3.05) is 0 Å². The summed E-state index contributed by atoms with van der Waals surface area (Å²) in [5, 5.41) is 2.86. The molecule has 2 aromatic rings. The van der Waals surface area contributed by atoms with Crippen LogP contribution in [-0.4, -0.2) is 30.2 Å². The van der Waals surface area contributed by atoms with Gasteiger partial charge in [-0.15, -0.1) is 0 Å². The summed E-state index contributed by atoms with van der Waals surface area (Å²) in [7, 11) is 1.41. The first-order valence-electron chi connectivity index (χ1n) is 9.73. The van der Waals surface area contributed by atoms with E-state index in [-0.39, 0.29) is 21.3 Å². The summed E-state index contributed by atoms with van der Waals surface area (Å²) in [4.78, 5) is 0. The summed E-state index contributed by atoms with van der Waals surface area (Å²) in [5.41, 5.74) is -0.494. The molecule has 0 spiro atoms. The minimum absolute atomic E-state index is 0.0392. The van der Waals surface area contributed by atoms with E-state index >= 15 is 0 Å². The van der Waals surface area contributed by atoms with Crippen molar-refractivity contribution in [3.63, 3.8) is 0 Å². The average Bonchev–Trinajstić information content (AvgIpc) is 2.54. The molecule has 0 aliphatic carbocycles. The van der Waals surface area contributed by atoms with Crippen LogP contribution in [0.25, 0.3) is 0 Å². The molecule has 3 heteroatoms. The van der Waals surface area contributed by atoms with Gasteiger partial charge < -0.3 is 4.74 Å². The Labute approximate surface area is 171 Å². The van der Waals surface area contributed by atoms with Crippen LogP contribution in [0.15, 0.2) is 60.7 Å². The predicted octanol–water partition coefficient (Wildman–Crippen LogP) is 5.02. The zero-order valence-electron chi connectivity index (χ0n) is 18.2. The van der Waals surface area contributed by atoms with E-state index in [1.165, 1.54) is 10.4 Å². The Morgan fingerprint density at radius 2 is 0.815 bits per heavy atom. The van der Waals surface area contributed by atoms with E-state index in [4.69, 9.17) is 4.74 Å². The Morgan fingerprint density at radius 1 is 0.519 bits per heavy atom. The Bertz CT molecular complexity index is 655. The molecule has 0 saturated heterocycles. The van der Waals surface area contributed by atoms with Gasteiger partial charge in [-0.05, 0) is 37.8 Å². The van der Waals surface area contributed by atoms with Crippen LogP contribution in [-0.2, 0) is 4.74 Å². The van der Waals surface area contributed by atoms with Gasteiger partial charge in [-0.25, -0.2) is 0 Å². The van der Waals surface area contributed by atoms with Crippen LogP contribution in [0.1, 0.15) is 55.4 Å². The van der Waals surface area contributed by atoms with Crippen LogP contribution in [0, 0.1) is 0 Å². The number of benzene rings is 2. The summed E-state index contributed by atoms with van der Waals surface area (Å²) >= 11 is 0. The minimum atomic E-state index is -0.247. The van der Waals surface area contributed by atoms with Crippen molar-refractivity contribution in [1.82, 2.24) is 0 Å². The summed E-state index contributed by atoms with van der Waals surface area (Å²) < 4.78 is 6.91. The van der Waals surface area contributed by atoms with E-state index in [1.54, 1.807) is 0 Å². The lowest BCUT2D eigenvalue weighted by Crippen LogP contribution is -2.53. The van der Waals surface area contributed by atoms with Crippen LogP contribution in [0.4, 0.5) is 0 Å². The number of hydrogen-bond donors (Lipinski definition) is 0. The van der Waals surface area contributed by atoms with E-state index in [0.29, 0.717) is 19.0 Å². The molecular weight excluding hydrogens is 360 g/mol. The normalized spacial score (nSPS) is 13.6. The zero-order valence-corrected chi connectivity index (χ0v) is 20.2. The summed E-state index contributed by atoms with van der Waals surface area (Å²) in [6.45, 7) is 18.4. The fourth-order valence-electron chi connectivity index (χ4n) is 2.96. The van der Waals surface area contributed by atoms with Gasteiger partial charge in [-0.1, -0.05) is 98.7 Å². The van der Waals surface area contributed by atoms with Gasteiger partial charge in [-0.2, -0.15) is 0 Å². The average molecular weight is 395 g/mol. The topological polar surface area (TPSA) is 9.23 Å². The lowest BCUT2D eigenvalue weighted by molar-refractivity contribution is -0.154.